The van der Waals surface area contributed by atoms with Crippen molar-refractivity contribution in [3.05, 3.63) is 0 Å². The molecule has 6 heteroatoms. The fraction of sp³-hybridized carbons (Fsp3) is 0.944. The van der Waals surface area contributed by atoms with E-state index in [9.17, 15) is 0 Å². The maximum atomic E-state index is 5.61. The molecule has 2 rings (SSSR count). The first kappa shape index (κ1) is 22.0. The van der Waals surface area contributed by atoms with Gasteiger partial charge in [-0.1, -0.05) is 12.8 Å². The fourth-order valence-corrected chi connectivity index (χ4v) is 3.93. The second kappa shape index (κ2) is 11.5. The molecule has 2 fully saturated rings. The molecule has 1 aliphatic heterocycles. The van der Waals surface area contributed by atoms with E-state index in [1.165, 1.54) is 32.1 Å². The van der Waals surface area contributed by atoms with Gasteiger partial charge in [-0.25, -0.2) is 0 Å². The SMILES string of the molecule is CCOCCC1(CNC(=NC)N(C)CC2CCOC2)CCCC1.I. The quantitative estimate of drug-likeness (QED) is 0.266. The van der Waals surface area contributed by atoms with Gasteiger partial charge in [-0.15, -0.1) is 24.0 Å². The Morgan fingerprint density at radius 1 is 1.38 bits per heavy atom. The number of ether oxygens (including phenoxy) is 2. The molecule has 1 unspecified atom stereocenters. The Kier molecular flexibility index (Phi) is 10.5. The summed E-state index contributed by atoms with van der Waals surface area (Å²) >= 11 is 0. The van der Waals surface area contributed by atoms with E-state index in [1.54, 1.807) is 0 Å². The number of aliphatic imine (C=N–C) groups is 1. The van der Waals surface area contributed by atoms with Crippen LogP contribution in [0.5, 0.6) is 0 Å². The Bertz CT molecular complexity index is 367. The molecule has 24 heavy (non-hydrogen) atoms. The standard InChI is InChI=1S/C18H35N3O2.HI/c1-4-22-12-10-18(8-5-6-9-18)15-20-17(19-2)21(3)13-16-7-11-23-14-16;/h16H,4-15H2,1-3H3,(H,19,20);1H. The van der Waals surface area contributed by atoms with Crippen molar-refractivity contribution < 1.29 is 9.47 Å². The van der Waals surface area contributed by atoms with Gasteiger partial charge in [0.15, 0.2) is 5.96 Å². The number of rotatable bonds is 8. The van der Waals surface area contributed by atoms with Gasteiger partial charge in [-0.2, -0.15) is 0 Å². The molecule has 0 amide bonds. The maximum absolute atomic E-state index is 5.61. The van der Waals surface area contributed by atoms with Gasteiger partial charge in [-0.3, -0.25) is 4.99 Å². The first-order chi connectivity index (χ1) is 11.2. The highest BCUT2D eigenvalue weighted by Gasteiger charge is 2.33. The molecule has 1 atom stereocenters. The summed E-state index contributed by atoms with van der Waals surface area (Å²) in [6.07, 6.45) is 7.64. The van der Waals surface area contributed by atoms with E-state index >= 15 is 0 Å². The number of hydrogen-bond acceptors (Lipinski definition) is 3. The van der Waals surface area contributed by atoms with Crippen LogP contribution in [-0.4, -0.2) is 64.5 Å². The second-order valence-electron chi connectivity index (χ2n) is 7.16. The average molecular weight is 453 g/mol. The van der Waals surface area contributed by atoms with Gasteiger partial charge < -0.3 is 19.7 Å². The molecular formula is C18H36IN3O2. The number of halogens is 1. The normalized spacial score (nSPS) is 23.1. The predicted octanol–water partition coefficient (Wildman–Crippen LogP) is 3.14. The van der Waals surface area contributed by atoms with Crippen molar-refractivity contribution in [2.24, 2.45) is 16.3 Å². The van der Waals surface area contributed by atoms with E-state index in [4.69, 9.17) is 9.47 Å². The summed E-state index contributed by atoms with van der Waals surface area (Å²) in [5.41, 5.74) is 0.391. The molecule has 0 aromatic heterocycles. The third-order valence-corrected chi connectivity index (χ3v) is 5.40. The third kappa shape index (κ3) is 6.67. The van der Waals surface area contributed by atoms with E-state index in [0.29, 0.717) is 11.3 Å². The van der Waals surface area contributed by atoms with Crippen molar-refractivity contribution >= 4 is 29.9 Å². The maximum Gasteiger partial charge on any atom is 0.193 e. The molecule has 0 bridgehead atoms. The molecule has 1 heterocycles. The van der Waals surface area contributed by atoms with Crippen molar-refractivity contribution in [3.63, 3.8) is 0 Å². The highest BCUT2D eigenvalue weighted by molar-refractivity contribution is 14.0. The highest BCUT2D eigenvalue weighted by atomic mass is 127. The van der Waals surface area contributed by atoms with Crippen molar-refractivity contribution in [2.75, 3.05) is 53.6 Å². The van der Waals surface area contributed by atoms with Crippen LogP contribution < -0.4 is 5.32 Å². The Hall–Kier alpha value is -0.0800. The lowest BCUT2D eigenvalue weighted by molar-refractivity contribution is 0.104. The van der Waals surface area contributed by atoms with Crippen LogP contribution in [0.3, 0.4) is 0 Å². The molecule has 0 aromatic rings. The summed E-state index contributed by atoms with van der Waals surface area (Å²) in [5.74, 6) is 1.65. The number of hydrogen-bond donors (Lipinski definition) is 1. The van der Waals surface area contributed by atoms with Crippen LogP contribution in [0, 0.1) is 11.3 Å². The lowest BCUT2D eigenvalue weighted by Crippen LogP contribution is -2.45. The van der Waals surface area contributed by atoms with E-state index in [2.05, 4.69) is 29.2 Å². The Morgan fingerprint density at radius 3 is 2.71 bits per heavy atom. The zero-order valence-electron chi connectivity index (χ0n) is 15.7. The van der Waals surface area contributed by atoms with E-state index in [-0.39, 0.29) is 24.0 Å². The van der Waals surface area contributed by atoms with Gasteiger partial charge in [0, 0.05) is 52.9 Å². The molecule has 1 saturated carbocycles. The van der Waals surface area contributed by atoms with Gasteiger partial charge in [0.25, 0.3) is 0 Å². The van der Waals surface area contributed by atoms with Crippen LogP contribution >= 0.6 is 24.0 Å². The van der Waals surface area contributed by atoms with Crippen LogP contribution in [0.4, 0.5) is 0 Å². The van der Waals surface area contributed by atoms with E-state index < -0.39 is 0 Å². The molecule has 0 aromatic carbocycles. The molecular weight excluding hydrogens is 417 g/mol. The number of nitrogens with one attached hydrogen (secondary N) is 1. The van der Waals surface area contributed by atoms with Crippen LogP contribution in [0.1, 0.15) is 45.4 Å². The molecule has 5 nitrogen and oxygen atoms in total. The lowest BCUT2D eigenvalue weighted by Gasteiger charge is -2.32. The lowest BCUT2D eigenvalue weighted by atomic mass is 9.83. The zero-order chi connectivity index (χ0) is 16.5. The molecule has 1 N–H and O–H groups in total. The minimum absolute atomic E-state index is 0. The van der Waals surface area contributed by atoms with Crippen LogP contribution in [0.2, 0.25) is 0 Å². The third-order valence-electron chi connectivity index (χ3n) is 5.40. The van der Waals surface area contributed by atoms with Crippen molar-refractivity contribution in [1.29, 1.82) is 0 Å². The topological polar surface area (TPSA) is 46.1 Å². The molecule has 1 saturated heterocycles. The predicted molar refractivity (Wildman–Crippen MR) is 110 cm³/mol. The molecule has 142 valence electrons. The first-order valence-corrected chi connectivity index (χ1v) is 9.26. The van der Waals surface area contributed by atoms with Gasteiger partial charge in [0.1, 0.15) is 0 Å². The van der Waals surface area contributed by atoms with Crippen LogP contribution in [-0.2, 0) is 9.47 Å². The minimum atomic E-state index is 0. The smallest absolute Gasteiger partial charge is 0.193 e. The summed E-state index contributed by atoms with van der Waals surface area (Å²) in [4.78, 5) is 6.73. The van der Waals surface area contributed by atoms with E-state index in [1.807, 2.05) is 7.05 Å². The zero-order valence-corrected chi connectivity index (χ0v) is 18.0. The highest BCUT2D eigenvalue weighted by Crippen LogP contribution is 2.40. The minimum Gasteiger partial charge on any atom is -0.382 e. The Balaban J connectivity index is 0.00000288. The molecule has 0 spiro atoms. The largest absolute Gasteiger partial charge is 0.382 e. The number of guanidine groups is 1. The summed E-state index contributed by atoms with van der Waals surface area (Å²) < 4.78 is 11.1. The monoisotopic (exact) mass is 453 g/mol. The molecule has 0 radical (unpaired) electrons. The van der Waals surface area contributed by atoms with Crippen molar-refractivity contribution in [3.8, 4) is 0 Å². The van der Waals surface area contributed by atoms with Gasteiger partial charge in [0.2, 0.25) is 0 Å². The Labute approximate surface area is 165 Å². The van der Waals surface area contributed by atoms with E-state index in [0.717, 1.165) is 51.9 Å². The van der Waals surface area contributed by atoms with Crippen LogP contribution in [0.25, 0.3) is 0 Å². The number of nitrogens with zero attached hydrogens (tertiary/aromatic N) is 2. The Morgan fingerprint density at radius 2 is 2.12 bits per heavy atom. The van der Waals surface area contributed by atoms with Gasteiger partial charge >= 0.3 is 0 Å². The summed E-state index contributed by atoms with van der Waals surface area (Å²) in [5, 5.41) is 3.63. The first-order valence-electron chi connectivity index (χ1n) is 9.26. The van der Waals surface area contributed by atoms with Crippen molar-refractivity contribution in [2.45, 2.75) is 45.4 Å². The fourth-order valence-electron chi connectivity index (χ4n) is 3.93. The summed E-state index contributed by atoms with van der Waals surface area (Å²) in [6.45, 7) is 7.60. The molecule has 2 aliphatic rings. The summed E-state index contributed by atoms with van der Waals surface area (Å²) in [7, 11) is 4.01. The summed E-state index contributed by atoms with van der Waals surface area (Å²) in [6, 6.07) is 0. The second-order valence-corrected chi connectivity index (χ2v) is 7.16. The van der Waals surface area contributed by atoms with Gasteiger partial charge in [0.05, 0.1) is 6.61 Å². The van der Waals surface area contributed by atoms with Gasteiger partial charge in [-0.05, 0) is 38.0 Å². The van der Waals surface area contributed by atoms with Crippen molar-refractivity contribution in [1.82, 2.24) is 10.2 Å². The average Bonchev–Trinajstić information content (AvgIpc) is 3.21. The van der Waals surface area contributed by atoms with Crippen LogP contribution in [0.15, 0.2) is 4.99 Å². The molecule has 1 aliphatic carbocycles.